The van der Waals surface area contributed by atoms with Gasteiger partial charge in [-0.2, -0.15) is 0 Å². The van der Waals surface area contributed by atoms with E-state index >= 15 is 0 Å². The number of hydrogen-bond acceptors (Lipinski definition) is 3. The Morgan fingerprint density at radius 2 is 2.37 bits per heavy atom. The molecule has 5 heteroatoms. The Balaban J connectivity index is 1.90. The van der Waals surface area contributed by atoms with Gasteiger partial charge in [-0.15, -0.1) is 0 Å². The number of carbonyl (C=O) groups excluding carboxylic acids is 1. The van der Waals surface area contributed by atoms with Crippen molar-refractivity contribution in [2.45, 2.75) is 26.4 Å². The van der Waals surface area contributed by atoms with Crippen molar-refractivity contribution in [2.75, 3.05) is 13.2 Å². The van der Waals surface area contributed by atoms with Crippen LogP contribution in [0.5, 0.6) is 0 Å². The minimum Gasteiger partial charge on any atom is -0.378 e. The van der Waals surface area contributed by atoms with Crippen molar-refractivity contribution in [1.82, 2.24) is 10.3 Å². The monoisotopic (exact) mass is 266 g/mol. The number of halogens is 1. The van der Waals surface area contributed by atoms with Crippen molar-refractivity contribution in [3.05, 3.63) is 29.8 Å². The topological polar surface area (TPSA) is 51.2 Å². The Morgan fingerprint density at radius 1 is 1.58 bits per heavy atom. The van der Waals surface area contributed by atoms with Crippen LogP contribution in [-0.2, 0) is 4.74 Å². The molecule has 0 saturated carbocycles. The van der Waals surface area contributed by atoms with Gasteiger partial charge in [0.15, 0.2) is 0 Å². The predicted octanol–water partition coefficient (Wildman–Crippen LogP) is 2.01. The van der Waals surface area contributed by atoms with E-state index in [0.29, 0.717) is 18.4 Å². The fraction of sp³-hybridized carbons (Fsp3) is 0.571. The maximum Gasteiger partial charge on any atom is 0.252 e. The lowest BCUT2D eigenvalue weighted by Gasteiger charge is -2.22. The molecule has 0 aromatic carbocycles. The first-order chi connectivity index (χ1) is 9.08. The molecule has 2 heterocycles. The highest BCUT2D eigenvalue weighted by molar-refractivity contribution is 5.93. The van der Waals surface area contributed by atoms with E-state index in [1.165, 1.54) is 12.3 Å². The first kappa shape index (κ1) is 13.9. The van der Waals surface area contributed by atoms with E-state index in [0.717, 1.165) is 19.2 Å². The van der Waals surface area contributed by atoms with Gasteiger partial charge in [0.1, 0.15) is 5.82 Å². The van der Waals surface area contributed by atoms with E-state index < -0.39 is 5.82 Å². The van der Waals surface area contributed by atoms with E-state index in [4.69, 9.17) is 4.74 Å². The van der Waals surface area contributed by atoms with Crippen LogP contribution in [-0.4, -0.2) is 30.1 Å². The zero-order chi connectivity index (χ0) is 13.8. The number of nitrogens with one attached hydrogen (secondary N) is 1. The fourth-order valence-electron chi connectivity index (χ4n) is 2.47. The molecule has 2 atom stereocenters. The third kappa shape index (κ3) is 3.50. The van der Waals surface area contributed by atoms with Crippen LogP contribution >= 0.6 is 0 Å². The molecule has 0 radical (unpaired) electrons. The van der Waals surface area contributed by atoms with E-state index in [2.05, 4.69) is 24.1 Å². The maximum atomic E-state index is 13.0. The van der Waals surface area contributed by atoms with Crippen LogP contribution in [0.4, 0.5) is 4.39 Å². The number of rotatable bonds is 4. The minimum absolute atomic E-state index is 0.186. The van der Waals surface area contributed by atoms with Crippen LogP contribution in [0.15, 0.2) is 18.5 Å². The van der Waals surface area contributed by atoms with Gasteiger partial charge in [-0.1, -0.05) is 13.8 Å². The van der Waals surface area contributed by atoms with Crippen molar-refractivity contribution in [3.63, 3.8) is 0 Å². The Kier molecular flexibility index (Phi) is 4.47. The Hall–Kier alpha value is -1.49. The molecule has 1 fully saturated rings. The molecular formula is C14H19FN2O2. The van der Waals surface area contributed by atoms with Gasteiger partial charge < -0.3 is 10.1 Å². The summed E-state index contributed by atoms with van der Waals surface area (Å²) in [7, 11) is 0. The number of amides is 1. The second kappa shape index (κ2) is 6.10. The van der Waals surface area contributed by atoms with Crippen molar-refractivity contribution < 1.29 is 13.9 Å². The van der Waals surface area contributed by atoms with Gasteiger partial charge in [-0.25, -0.2) is 4.39 Å². The van der Waals surface area contributed by atoms with Crippen LogP contribution in [0.3, 0.4) is 0 Å². The predicted molar refractivity (Wildman–Crippen MR) is 69.2 cm³/mol. The molecule has 1 aromatic heterocycles. The molecule has 0 spiro atoms. The first-order valence-electron chi connectivity index (χ1n) is 6.58. The highest BCUT2D eigenvalue weighted by atomic mass is 19.1. The summed E-state index contributed by atoms with van der Waals surface area (Å²) in [5.74, 6) is -0.0379. The standard InChI is InChI=1S/C14H19FN2O2/c1-9(2)13-10(3-4-19-13)7-17-14(18)11-5-12(15)8-16-6-11/h5-6,8-10,13H,3-4,7H2,1-2H3,(H,17,18)/t10-,13-/m1/s1. The minimum atomic E-state index is -0.503. The van der Waals surface area contributed by atoms with E-state index in [-0.39, 0.29) is 17.6 Å². The third-order valence-electron chi connectivity index (χ3n) is 3.41. The molecule has 1 aliphatic heterocycles. The van der Waals surface area contributed by atoms with Gasteiger partial charge in [0.05, 0.1) is 17.9 Å². The van der Waals surface area contributed by atoms with Crippen LogP contribution in [0.2, 0.25) is 0 Å². The van der Waals surface area contributed by atoms with Crippen molar-refractivity contribution in [2.24, 2.45) is 11.8 Å². The van der Waals surface area contributed by atoms with Gasteiger partial charge in [0.2, 0.25) is 0 Å². The molecule has 0 unspecified atom stereocenters. The summed E-state index contributed by atoms with van der Waals surface area (Å²) < 4.78 is 18.6. The largest absolute Gasteiger partial charge is 0.378 e. The van der Waals surface area contributed by atoms with Crippen LogP contribution < -0.4 is 5.32 Å². The van der Waals surface area contributed by atoms with Crippen LogP contribution in [0.25, 0.3) is 0 Å². The fourth-order valence-corrected chi connectivity index (χ4v) is 2.47. The molecule has 19 heavy (non-hydrogen) atoms. The van der Waals surface area contributed by atoms with E-state index in [1.807, 2.05) is 0 Å². The zero-order valence-electron chi connectivity index (χ0n) is 11.2. The SMILES string of the molecule is CC(C)[C@H]1OCC[C@@H]1CNC(=O)c1cncc(F)c1. The number of ether oxygens (including phenoxy) is 1. The Labute approximate surface area is 112 Å². The molecule has 2 rings (SSSR count). The molecule has 0 aliphatic carbocycles. The van der Waals surface area contributed by atoms with E-state index in [9.17, 15) is 9.18 Å². The summed E-state index contributed by atoms with van der Waals surface area (Å²) in [5, 5.41) is 2.83. The highest BCUT2D eigenvalue weighted by Crippen LogP contribution is 2.26. The number of pyridine rings is 1. The summed E-state index contributed by atoms with van der Waals surface area (Å²) >= 11 is 0. The van der Waals surface area contributed by atoms with Crippen LogP contribution in [0.1, 0.15) is 30.6 Å². The lowest BCUT2D eigenvalue weighted by atomic mass is 9.93. The normalized spacial score (nSPS) is 22.7. The van der Waals surface area contributed by atoms with Gasteiger partial charge in [0.25, 0.3) is 5.91 Å². The number of aromatic nitrogens is 1. The Morgan fingerprint density at radius 3 is 3.05 bits per heavy atom. The molecule has 1 aliphatic rings. The second-order valence-corrected chi connectivity index (χ2v) is 5.23. The molecule has 1 saturated heterocycles. The molecule has 1 amide bonds. The lowest BCUT2D eigenvalue weighted by molar-refractivity contribution is 0.0533. The van der Waals surface area contributed by atoms with Crippen LogP contribution in [0, 0.1) is 17.7 Å². The van der Waals surface area contributed by atoms with Crippen molar-refractivity contribution >= 4 is 5.91 Å². The first-order valence-corrected chi connectivity index (χ1v) is 6.58. The van der Waals surface area contributed by atoms with Gasteiger partial charge in [-0.3, -0.25) is 9.78 Å². The molecule has 104 valence electrons. The van der Waals surface area contributed by atoms with Gasteiger partial charge >= 0.3 is 0 Å². The summed E-state index contributed by atoms with van der Waals surface area (Å²) in [6, 6.07) is 1.19. The van der Waals surface area contributed by atoms with Gasteiger partial charge in [0, 0.05) is 25.3 Å². The smallest absolute Gasteiger partial charge is 0.252 e. The highest BCUT2D eigenvalue weighted by Gasteiger charge is 2.30. The average molecular weight is 266 g/mol. The molecule has 1 aromatic rings. The summed E-state index contributed by atoms with van der Waals surface area (Å²) in [6.07, 6.45) is 3.58. The second-order valence-electron chi connectivity index (χ2n) is 5.23. The molecule has 1 N–H and O–H groups in total. The summed E-state index contributed by atoms with van der Waals surface area (Å²) in [5.41, 5.74) is 0.250. The molecule has 0 bridgehead atoms. The summed E-state index contributed by atoms with van der Waals surface area (Å²) in [6.45, 7) is 5.52. The Bertz CT molecular complexity index is 451. The van der Waals surface area contributed by atoms with E-state index in [1.54, 1.807) is 0 Å². The molecular weight excluding hydrogens is 247 g/mol. The maximum absolute atomic E-state index is 13.0. The number of carbonyl (C=O) groups is 1. The zero-order valence-corrected chi connectivity index (χ0v) is 11.2. The van der Waals surface area contributed by atoms with Gasteiger partial charge in [-0.05, 0) is 18.4 Å². The molecule has 4 nitrogen and oxygen atoms in total. The quantitative estimate of drug-likeness (QED) is 0.907. The number of hydrogen-bond donors (Lipinski definition) is 1. The lowest BCUT2D eigenvalue weighted by Crippen LogP contribution is -2.35. The average Bonchev–Trinajstić information content (AvgIpc) is 2.84. The number of nitrogens with zero attached hydrogens (tertiary/aromatic N) is 1. The van der Waals surface area contributed by atoms with Crippen molar-refractivity contribution in [1.29, 1.82) is 0 Å². The summed E-state index contributed by atoms with van der Waals surface area (Å²) in [4.78, 5) is 15.5. The van der Waals surface area contributed by atoms with Crippen molar-refractivity contribution in [3.8, 4) is 0 Å². The third-order valence-corrected chi connectivity index (χ3v) is 3.41.